The van der Waals surface area contributed by atoms with Crippen molar-refractivity contribution in [2.75, 3.05) is 0 Å². The highest BCUT2D eigenvalue weighted by Gasteiger charge is 2.11. The maximum Gasteiger partial charge on any atom is 0.0399 e. The molecule has 2 heteroatoms. The Balaban J connectivity index is 3.07. The molecule has 64 valence electrons. The molecule has 0 spiro atoms. The van der Waals surface area contributed by atoms with Crippen LogP contribution < -0.4 is 5.73 Å². The summed E-state index contributed by atoms with van der Waals surface area (Å²) in [5, 5.41) is 7.11. The van der Waals surface area contributed by atoms with E-state index in [1.165, 1.54) is 6.21 Å². The molecule has 0 aromatic carbocycles. The molecule has 0 unspecified atom stereocenters. The number of nitrogens with one attached hydrogen (secondary N) is 1. The van der Waals surface area contributed by atoms with Crippen molar-refractivity contribution >= 4 is 6.21 Å². The number of nitrogens with two attached hydrogens (primary N) is 1. The van der Waals surface area contributed by atoms with Crippen molar-refractivity contribution < 1.29 is 0 Å². The summed E-state index contributed by atoms with van der Waals surface area (Å²) in [7, 11) is 0. The van der Waals surface area contributed by atoms with Crippen molar-refractivity contribution in [3.05, 3.63) is 35.6 Å². The van der Waals surface area contributed by atoms with Gasteiger partial charge in [0.2, 0.25) is 0 Å². The highest BCUT2D eigenvalue weighted by molar-refractivity contribution is 5.81. The Labute approximate surface area is 73.0 Å². The van der Waals surface area contributed by atoms with Crippen LogP contribution in [0.15, 0.2) is 35.6 Å². The third kappa shape index (κ3) is 1.84. The van der Waals surface area contributed by atoms with E-state index in [2.05, 4.69) is 13.8 Å². The Bertz CT molecular complexity index is 280. The normalized spacial score (nSPS) is 20.8. The van der Waals surface area contributed by atoms with Gasteiger partial charge in [-0.25, -0.2) is 0 Å². The summed E-state index contributed by atoms with van der Waals surface area (Å²) in [6, 6.07) is 0. The second kappa shape index (κ2) is 2.97. The highest BCUT2D eigenvalue weighted by atomic mass is 14.6. The molecular formula is C10H14N2. The van der Waals surface area contributed by atoms with Gasteiger partial charge in [-0.2, -0.15) is 0 Å². The van der Waals surface area contributed by atoms with Crippen LogP contribution in [0.1, 0.15) is 13.8 Å². The van der Waals surface area contributed by atoms with Crippen molar-refractivity contribution in [3.63, 3.8) is 0 Å². The quantitative estimate of drug-likeness (QED) is 0.569. The predicted octanol–water partition coefficient (Wildman–Crippen LogP) is 2.00. The van der Waals surface area contributed by atoms with E-state index < -0.39 is 0 Å². The summed E-state index contributed by atoms with van der Waals surface area (Å²) < 4.78 is 0. The van der Waals surface area contributed by atoms with Gasteiger partial charge in [0.25, 0.3) is 0 Å². The zero-order valence-corrected chi connectivity index (χ0v) is 7.46. The van der Waals surface area contributed by atoms with E-state index in [0.29, 0.717) is 5.70 Å². The van der Waals surface area contributed by atoms with Gasteiger partial charge in [0, 0.05) is 22.9 Å². The first kappa shape index (κ1) is 8.78. The van der Waals surface area contributed by atoms with E-state index in [-0.39, 0.29) is 5.41 Å². The largest absolute Gasteiger partial charge is 0.398 e. The van der Waals surface area contributed by atoms with Crippen molar-refractivity contribution in [2.45, 2.75) is 13.8 Å². The van der Waals surface area contributed by atoms with Crippen LogP contribution in [0.2, 0.25) is 0 Å². The fourth-order valence-electron chi connectivity index (χ4n) is 0.989. The van der Waals surface area contributed by atoms with Gasteiger partial charge < -0.3 is 11.1 Å². The van der Waals surface area contributed by atoms with Crippen LogP contribution in [-0.2, 0) is 0 Å². The molecule has 0 aromatic heterocycles. The smallest absolute Gasteiger partial charge is 0.0399 e. The van der Waals surface area contributed by atoms with E-state index in [1.807, 2.05) is 24.3 Å². The Morgan fingerprint density at radius 3 is 2.50 bits per heavy atom. The first-order chi connectivity index (χ1) is 5.55. The molecule has 12 heavy (non-hydrogen) atoms. The van der Waals surface area contributed by atoms with Gasteiger partial charge in [0.1, 0.15) is 0 Å². The lowest BCUT2D eigenvalue weighted by Crippen LogP contribution is -2.01. The monoisotopic (exact) mass is 162 g/mol. The van der Waals surface area contributed by atoms with Crippen molar-refractivity contribution in [3.8, 4) is 0 Å². The van der Waals surface area contributed by atoms with Crippen molar-refractivity contribution in [2.24, 2.45) is 11.1 Å². The summed E-state index contributed by atoms with van der Waals surface area (Å²) in [4.78, 5) is 0. The number of allylic oxidation sites excluding steroid dienone is 5. The minimum Gasteiger partial charge on any atom is -0.398 e. The molecule has 0 bridgehead atoms. The molecule has 0 aromatic rings. The van der Waals surface area contributed by atoms with Gasteiger partial charge >= 0.3 is 0 Å². The first-order valence-corrected chi connectivity index (χ1v) is 3.94. The van der Waals surface area contributed by atoms with E-state index in [4.69, 9.17) is 11.1 Å². The van der Waals surface area contributed by atoms with E-state index >= 15 is 0 Å². The molecule has 0 fully saturated rings. The molecular weight excluding hydrogens is 148 g/mol. The zero-order chi connectivity index (χ0) is 9.19. The van der Waals surface area contributed by atoms with Crippen molar-refractivity contribution in [1.29, 1.82) is 5.41 Å². The zero-order valence-electron chi connectivity index (χ0n) is 7.46. The van der Waals surface area contributed by atoms with Gasteiger partial charge in [0.05, 0.1) is 0 Å². The number of hydrogen-bond donors (Lipinski definition) is 2. The Hall–Kier alpha value is -1.31. The molecule has 1 aliphatic carbocycles. The van der Waals surface area contributed by atoms with Crippen LogP contribution in [0.4, 0.5) is 0 Å². The van der Waals surface area contributed by atoms with Crippen LogP contribution in [-0.4, -0.2) is 6.21 Å². The van der Waals surface area contributed by atoms with Crippen LogP contribution >= 0.6 is 0 Å². The minimum atomic E-state index is 0.0371. The maximum atomic E-state index is 7.11. The average molecular weight is 162 g/mol. The fraction of sp³-hybridized carbons (Fsp3) is 0.300. The summed E-state index contributed by atoms with van der Waals surface area (Å²) in [6.45, 7) is 4.19. The van der Waals surface area contributed by atoms with E-state index in [9.17, 15) is 0 Å². The van der Waals surface area contributed by atoms with Crippen LogP contribution in [0.3, 0.4) is 0 Å². The molecule has 2 nitrogen and oxygen atoms in total. The Morgan fingerprint density at radius 1 is 1.33 bits per heavy atom. The summed E-state index contributed by atoms with van der Waals surface area (Å²) in [5.74, 6) is 0. The first-order valence-electron chi connectivity index (χ1n) is 3.94. The van der Waals surface area contributed by atoms with Crippen LogP contribution in [0.5, 0.6) is 0 Å². The topological polar surface area (TPSA) is 49.9 Å². The molecule has 0 saturated heterocycles. The summed E-state index contributed by atoms with van der Waals surface area (Å²) in [5.41, 5.74) is 7.17. The highest BCUT2D eigenvalue weighted by Crippen LogP contribution is 2.23. The summed E-state index contributed by atoms with van der Waals surface area (Å²) >= 11 is 0. The summed E-state index contributed by atoms with van der Waals surface area (Å²) in [6.07, 6.45) is 9.11. The second-order valence-electron chi connectivity index (χ2n) is 3.54. The van der Waals surface area contributed by atoms with Gasteiger partial charge in [0.15, 0.2) is 0 Å². The predicted molar refractivity (Wildman–Crippen MR) is 52.1 cm³/mol. The lowest BCUT2D eigenvalue weighted by molar-refractivity contribution is 0.627. The molecule has 0 radical (unpaired) electrons. The van der Waals surface area contributed by atoms with Crippen LogP contribution in [0, 0.1) is 10.8 Å². The molecule has 1 rings (SSSR count). The third-order valence-corrected chi connectivity index (χ3v) is 1.87. The lowest BCUT2D eigenvalue weighted by atomic mass is 9.93. The molecule has 0 amide bonds. The third-order valence-electron chi connectivity index (χ3n) is 1.87. The van der Waals surface area contributed by atoms with E-state index in [1.54, 1.807) is 0 Å². The van der Waals surface area contributed by atoms with Gasteiger partial charge in [-0.05, 0) is 6.08 Å². The molecule has 0 atom stereocenters. The number of hydrogen-bond acceptors (Lipinski definition) is 2. The standard InChI is InChI=1S/C10H14N2/c1-10(2)5-3-8(7-11)9(12)4-6-10/h3-7,11H,12H2,1-2H3. The van der Waals surface area contributed by atoms with Gasteiger partial charge in [-0.1, -0.05) is 32.1 Å². The SMILES string of the molecule is CC1(C)C=CC(N)=C(C=N)C=C1. The molecule has 1 aliphatic rings. The molecule has 3 N–H and O–H groups in total. The molecule has 0 saturated carbocycles. The molecule has 0 heterocycles. The molecule has 0 aliphatic heterocycles. The average Bonchev–Trinajstić information content (AvgIpc) is 2.13. The van der Waals surface area contributed by atoms with Crippen molar-refractivity contribution in [1.82, 2.24) is 0 Å². The second-order valence-corrected chi connectivity index (χ2v) is 3.54. The Kier molecular flexibility index (Phi) is 2.18. The maximum absolute atomic E-state index is 7.11. The fourth-order valence-corrected chi connectivity index (χ4v) is 0.989. The minimum absolute atomic E-state index is 0.0371. The van der Waals surface area contributed by atoms with Gasteiger partial charge in [-0.15, -0.1) is 0 Å². The number of rotatable bonds is 1. The lowest BCUT2D eigenvalue weighted by Gasteiger charge is -2.12. The van der Waals surface area contributed by atoms with E-state index in [0.717, 1.165) is 5.57 Å². The van der Waals surface area contributed by atoms with Gasteiger partial charge in [-0.3, -0.25) is 0 Å². The Morgan fingerprint density at radius 2 is 1.92 bits per heavy atom. The van der Waals surface area contributed by atoms with Crippen LogP contribution in [0.25, 0.3) is 0 Å².